The molecule has 3 aromatic heterocycles. The number of aliphatic hydroxyl groups excluding tert-OH is 1. The van der Waals surface area contributed by atoms with Gasteiger partial charge in [0.25, 0.3) is 5.78 Å². The zero-order valence-corrected chi connectivity index (χ0v) is 11.8. The summed E-state index contributed by atoms with van der Waals surface area (Å²) < 4.78 is 6.47. The summed E-state index contributed by atoms with van der Waals surface area (Å²) in [6.07, 6.45) is 3.97. The van der Waals surface area contributed by atoms with E-state index in [0.717, 1.165) is 0 Å². The van der Waals surface area contributed by atoms with E-state index in [9.17, 15) is 9.59 Å². The molecule has 23 heavy (non-hydrogen) atoms. The smallest absolute Gasteiger partial charge is 0.377 e. The molecule has 3 rings (SSSR count). The lowest BCUT2D eigenvalue weighted by Gasteiger charge is -2.06. The summed E-state index contributed by atoms with van der Waals surface area (Å²) in [5.74, 6) is -1.91. The molecule has 0 saturated heterocycles. The Hall–Kier alpha value is -3.27. The van der Waals surface area contributed by atoms with Crippen LogP contribution >= 0.6 is 0 Å². The third kappa shape index (κ3) is 2.30. The highest BCUT2D eigenvalue weighted by atomic mass is 16.5. The van der Waals surface area contributed by atoms with Gasteiger partial charge >= 0.3 is 5.97 Å². The van der Waals surface area contributed by atoms with Gasteiger partial charge in [-0.3, -0.25) is 4.79 Å². The van der Waals surface area contributed by atoms with Crippen molar-refractivity contribution in [1.29, 1.82) is 0 Å². The molecule has 0 saturated carbocycles. The number of ketones is 1. The van der Waals surface area contributed by atoms with Crippen molar-refractivity contribution in [3.63, 3.8) is 0 Å². The van der Waals surface area contributed by atoms with Gasteiger partial charge in [-0.2, -0.15) is 0 Å². The quantitative estimate of drug-likeness (QED) is 0.437. The first-order valence-electron chi connectivity index (χ1n) is 6.40. The average Bonchev–Trinajstić information content (AvgIpc) is 3.20. The second kappa shape index (κ2) is 5.50. The van der Waals surface area contributed by atoms with Crippen LogP contribution in [-0.4, -0.2) is 53.8 Å². The van der Waals surface area contributed by atoms with E-state index in [2.05, 4.69) is 20.1 Å². The van der Waals surface area contributed by atoms with Gasteiger partial charge in [-0.05, 0) is 0 Å². The topological polar surface area (TPSA) is 143 Å². The van der Waals surface area contributed by atoms with Crippen molar-refractivity contribution in [2.45, 2.75) is 6.61 Å². The number of methoxy groups -OCH3 is 1. The molecule has 3 N–H and O–H groups in total. The number of nitrogens with one attached hydrogen (secondary N) is 1. The summed E-state index contributed by atoms with van der Waals surface area (Å²) in [7, 11) is 1.39. The van der Waals surface area contributed by atoms with E-state index in [0.29, 0.717) is 5.52 Å². The van der Waals surface area contributed by atoms with Gasteiger partial charge in [0.1, 0.15) is 18.7 Å². The molecule has 0 atom stereocenters. The first-order chi connectivity index (χ1) is 11.1. The number of carboxylic acid groups (broad SMARTS) is 1. The van der Waals surface area contributed by atoms with Crippen LogP contribution in [0, 0.1) is 0 Å². The molecular weight excluding hydrogens is 306 g/mol. The molecule has 0 bridgehead atoms. The van der Waals surface area contributed by atoms with Crippen molar-refractivity contribution in [3.05, 3.63) is 30.1 Å². The average molecular weight is 317 g/mol. The minimum absolute atomic E-state index is 0.0458. The third-order valence-corrected chi connectivity index (χ3v) is 3.21. The number of carbonyl (C=O) groups excluding carboxylic acids is 1. The molecule has 0 aliphatic rings. The van der Waals surface area contributed by atoms with Crippen molar-refractivity contribution >= 4 is 22.7 Å². The fraction of sp³-hybridized carbons (Fsp3) is 0.154. The van der Waals surface area contributed by atoms with E-state index in [4.69, 9.17) is 14.9 Å². The van der Waals surface area contributed by atoms with Gasteiger partial charge in [0.15, 0.2) is 11.6 Å². The van der Waals surface area contributed by atoms with E-state index in [1.54, 1.807) is 0 Å². The number of nitrogens with zero attached hydrogens (tertiary/aromatic N) is 4. The zero-order valence-electron chi connectivity index (χ0n) is 11.8. The number of hydrogen-bond acceptors (Lipinski definition) is 7. The van der Waals surface area contributed by atoms with Gasteiger partial charge in [0.2, 0.25) is 0 Å². The molecule has 0 aromatic carbocycles. The monoisotopic (exact) mass is 317 g/mol. The number of rotatable bonds is 5. The van der Waals surface area contributed by atoms with Gasteiger partial charge in [0, 0.05) is 6.20 Å². The maximum Gasteiger partial charge on any atom is 0.377 e. The number of carbonyl (C=O) groups is 2. The predicted molar refractivity (Wildman–Crippen MR) is 75.5 cm³/mol. The van der Waals surface area contributed by atoms with Crippen LogP contribution in [0.2, 0.25) is 0 Å². The highest BCUT2D eigenvalue weighted by molar-refractivity contribution is 6.42. The van der Waals surface area contributed by atoms with Crippen LogP contribution in [0.5, 0.6) is 5.75 Å². The number of hydrogen-bond donors (Lipinski definition) is 3. The summed E-state index contributed by atoms with van der Waals surface area (Å²) in [6, 6.07) is 0. The van der Waals surface area contributed by atoms with Crippen LogP contribution < -0.4 is 4.74 Å². The summed E-state index contributed by atoms with van der Waals surface area (Å²) in [5.41, 5.74) is 0.318. The van der Waals surface area contributed by atoms with Gasteiger partial charge in [-0.1, -0.05) is 0 Å². The molecule has 0 amide bonds. The van der Waals surface area contributed by atoms with Crippen LogP contribution in [0.15, 0.2) is 18.7 Å². The summed E-state index contributed by atoms with van der Waals surface area (Å²) in [6.45, 7) is -0.334. The standard InChI is InChI=1S/C13H11N5O5/c1-23-7-3-15-12(18-5-16-8(4-19)17-18)10-9(7)6(2-14-10)11(20)13(21)22/h2-3,5,14,19H,4H2,1H3,(H,21,22). The van der Waals surface area contributed by atoms with Gasteiger partial charge in [-0.15, -0.1) is 5.10 Å². The van der Waals surface area contributed by atoms with Crippen molar-refractivity contribution in [1.82, 2.24) is 24.7 Å². The number of H-pyrrole nitrogens is 1. The number of ether oxygens (including phenoxy) is 1. The molecule has 0 radical (unpaired) electrons. The minimum atomic E-state index is -1.57. The molecule has 0 unspecified atom stereocenters. The van der Waals surface area contributed by atoms with E-state index < -0.39 is 11.8 Å². The fourth-order valence-electron chi connectivity index (χ4n) is 2.20. The van der Waals surface area contributed by atoms with Crippen LogP contribution in [0.25, 0.3) is 16.7 Å². The molecule has 0 spiro atoms. The van der Waals surface area contributed by atoms with E-state index >= 15 is 0 Å². The molecule has 118 valence electrons. The molecule has 10 heteroatoms. The van der Waals surface area contributed by atoms with Gasteiger partial charge in [0.05, 0.1) is 29.8 Å². The first kappa shape index (κ1) is 14.7. The van der Waals surface area contributed by atoms with Gasteiger partial charge in [-0.25, -0.2) is 19.4 Å². The normalized spacial score (nSPS) is 10.9. The highest BCUT2D eigenvalue weighted by Gasteiger charge is 2.24. The number of aliphatic carboxylic acids is 1. The number of fused-ring (bicyclic) bond motifs is 1. The SMILES string of the molecule is COc1cnc(-n2cnc(CO)n2)c2[nH]cc(C(=O)C(=O)O)c12. The maximum atomic E-state index is 11.8. The Labute approximate surface area is 128 Å². The van der Waals surface area contributed by atoms with E-state index in [1.807, 2.05) is 0 Å². The number of pyridine rings is 1. The Kier molecular flexibility index (Phi) is 3.50. The number of aromatic amines is 1. The molecule has 3 aromatic rings. The molecule has 10 nitrogen and oxygen atoms in total. The van der Waals surface area contributed by atoms with Crippen LogP contribution in [0.3, 0.4) is 0 Å². The summed E-state index contributed by atoms with van der Waals surface area (Å²) in [5, 5.41) is 22.3. The minimum Gasteiger partial charge on any atom is -0.494 e. The van der Waals surface area contributed by atoms with Crippen LogP contribution in [0.4, 0.5) is 0 Å². The van der Waals surface area contributed by atoms with E-state index in [-0.39, 0.29) is 34.9 Å². The zero-order chi connectivity index (χ0) is 16.6. The van der Waals surface area contributed by atoms with Crippen molar-refractivity contribution < 1.29 is 24.5 Å². The predicted octanol–water partition coefficient (Wildman–Crippen LogP) is -0.0882. The summed E-state index contributed by atoms with van der Waals surface area (Å²) >= 11 is 0. The number of Topliss-reactive ketones (excluding diaryl/α,β-unsaturated/α-hetero) is 1. The second-order valence-electron chi connectivity index (χ2n) is 4.50. The van der Waals surface area contributed by atoms with Crippen molar-refractivity contribution in [3.8, 4) is 11.6 Å². The lowest BCUT2D eigenvalue weighted by atomic mass is 10.1. The van der Waals surface area contributed by atoms with Crippen LogP contribution in [-0.2, 0) is 11.4 Å². The number of aromatic nitrogens is 5. The van der Waals surface area contributed by atoms with Gasteiger partial charge < -0.3 is 19.9 Å². The number of carboxylic acids is 1. The Morgan fingerprint density at radius 1 is 1.39 bits per heavy atom. The first-order valence-corrected chi connectivity index (χ1v) is 6.40. The fourth-order valence-corrected chi connectivity index (χ4v) is 2.20. The van der Waals surface area contributed by atoms with Crippen molar-refractivity contribution in [2.75, 3.05) is 7.11 Å². The molecule has 3 heterocycles. The lowest BCUT2D eigenvalue weighted by Crippen LogP contribution is -2.12. The lowest BCUT2D eigenvalue weighted by molar-refractivity contribution is -0.131. The molecular formula is C13H11N5O5. The number of aliphatic hydroxyl groups is 1. The van der Waals surface area contributed by atoms with Crippen molar-refractivity contribution in [2.24, 2.45) is 0 Å². The maximum absolute atomic E-state index is 11.8. The van der Waals surface area contributed by atoms with E-state index in [1.165, 1.54) is 30.5 Å². The van der Waals surface area contributed by atoms with Crippen LogP contribution in [0.1, 0.15) is 16.2 Å². The molecule has 0 aliphatic heterocycles. The molecule has 0 fully saturated rings. The Balaban J connectivity index is 2.26. The Morgan fingerprint density at radius 3 is 2.78 bits per heavy atom. The second-order valence-corrected chi connectivity index (χ2v) is 4.50. The largest absolute Gasteiger partial charge is 0.494 e. The Morgan fingerprint density at radius 2 is 2.17 bits per heavy atom. The molecule has 0 aliphatic carbocycles. The third-order valence-electron chi connectivity index (χ3n) is 3.21. The Bertz CT molecular complexity index is 913. The summed E-state index contributed by atoms with van der Waals surface area (Å²) in [4.78, 5) is 33.7. The highest BCUT2D eigenvalue weighted by Crippen LogP contribution is 2.31.